The molecule has 4 rings (SSSR count). The highest BCUT2D eigenvalue weighted by Crippen LogP contribution is 2.52. The van der Waals surface area contributed by atoms with Crippen LogP contribution in [-0.2, 0) is 0 Å². The highest BCUT2D eigenvalue weighted by Gasteiger charge is 2.35. The van der Waals surface area contributed by atoms with Crippen LogP contribution in [0.1, 0.15) is 22.6 Å². The van der Waals surface area contributed by atoms with E-state index in [9.17, 15) is 0 Å². The molecule has 2 aromatic rings. The number of hydrogen-bond acceptors (Lipinski definition) is 1. The Morgan fingerprint density at radius 1 is 0.950 bits per heavy atom. The molecule has 2 unspecified atom stereocenters. The molecule has 2 aromatic carbocycles. The Morgan fingerprint density at radius 2 is 1.75 bits per heavy atom. The van der Waals surface area contributed by atoms with Crippen LogP contribution in [0.25, 0.3) is 5.57 Å². The van der Waals surface area contributed by atoms with Crippen molar-refractivity contribution in [3.63, 3.8) is 0 Å². The molecule has 0 amide bonds. The van der Waals surface area contributed by atoms with Crippen molar-refractivity contribution in [2.75, 3.05) is 0 Å². The first-order valence-electron chi connectivity index (χ1n) is 7.04. The van der Waals surface area contributed by atoms with E-state index in [1.165, 1.54) is 27.2 Å². The number of fused-ring (bicyclic) bond motifs is 3. The maximum Gasteiger partial charge on any atom is 0.0454 e. The molecule has 1 aliphatic heterocycles. The molecular weight excluding hydrogens is 260 g/mol. The lowest BCUT2D eigenvalue weighted by atomic mass is 9.85. The maximum atomic E-state index is 2.35. The van der Waals surface area contributed by atoms with Gasteiger partial charge in [-0.15, -0.1) is 11.8 Å². The van der Waals surface area contributed by atoms with Crippen molar-refractivity contribution in [1.29, 1.82) is 0 Å². The van der Waals surface area contributed by atoms with Gasteiger partial charge in [0, 0.05) is 16.1 Å². The molecule has 20 heavy (non-hydrogen) atoms. The maximum absolute atomic E-state index is 2.35. The van der Waals surface area contributed by atoms with Crippen molar-refractivity contribution < 1.29 is 0 Å². The van der Waals surface area contributed by atoms with E-state index in [0.29, 0.717) is 11.2 Å². The first-order chi connectivity index (χ1) is 9.83. The summed E-state index contributed by atoms with van der Waals surface area (Å²) in [6.45, 7) is 2.14. The van der Waals surface area contributed by atoms with Crippen molar-refractivity contribution in [2.45, 2.75) is 23.0 Å². The number of aryl methyl sites for hydroxylation is 1. The van der Waals surface area contributed by atoms with Crippen LogP contribution in [0.5, 0.6) is 0 Å². The van der Waals surface area contributed by atoms with Crippen molar-refractivity contribution in [2.24, 2.45) is 0 Å². The van der Waals surface area contributed by atoms with Crippen LogP contribution in [0.4, 0.5) is 0 Å². The molecule has 2 atom stereocenters. The zero-order valence-corrected chi connectivity index (χ0v) is 12.2. The fourth-order valence-corrected chi connectivity index (χ4v) is 4.57. The predicted octanol–water partition coefficient (Wildman–Crippen LogP) is 5.21. The van der Waals surface area contributed by atoms with Crippen LogP contribution in [0.15, 0.2) is 71.7 Å². The number of allylic oxidation sites excluding steroid dienone is 3. The van der Waals surface area contributed by atoms with Gasteiger partial charge in [-0.25, -0.2) is 0 Å². The lowest BCUT2D eigenvalue weighted by Crippen LogP contribution is -2.13. The number of benzene rings is 2. The summed E-state index contributed by atoms with van der Waals surface area (Å²) in [6, 6.07) is 17.7. The average molecular weight is 276 g/mol. The summed E-state index contributed by atoms with van der Waals surface area (Å²) in [6.07, 6.45) is 6.85. The molecule has 1 aliphatic carbocycles. The molecule has 0 fully saturated rings. The fraction of sp³-hybridized carbons (Fsp3) is 0.158. The van der Waals surface area contributed by atoms with Gasteiger partial charge in [-0.3, -0.25) is 0 Å². The first kappa shape index (κ1) is 12.0. The van der Waals surface area contributed by atoms with E-state index in [4.69, 9.17) is 0 Å². The minimum absolute atomic E-state index is 0.525. The minimum atomic E-state index is 0.525. The highest BCUT2D eigenvalue weighted by atomic mass is 32.2. The summed E-state index contributed by atoms with van der Waals surface area (Å²) in [5.41, 5.74) is 5.62. The van der Waals surface area contributed by atoms with Crippen molar-refractivity contribution in [3.05, 3.63) is 83.4 Å². The topological polar surface area (TPSA) is 0 Å². The monoisotopic (exact) mass is 276 g/mol. The van der Waals surface area contributed by atoms with Crippen LogP contribution < -0.4 is 0 Å². The van der Waals surface area contributed by atoms with E-state index < -0.39 is 0 Å². The van der Waals surface area contributed by atoms with Crippen molar-refractivity contribution in [3.8, 4) is 0 Å². The summed E-state index contributed by atoms with van der Waals surface area (Å²) in [4.78, 5) is 1.44. The lowest BCUT2D eigenvalue weighted by Gasteiger charge is -2.23. The molecule has 98 valence electrons. The van der Waals surface area contributed by atoms with Gasteiger partial charge in [0.25, 0.3) is 0 Å². The van der Waals surface area contributed by atoms with Gasteiger partial charge in [0.1, 0.15) is 0 Å². The largest absolute Gasteiger partial charge is 0.117 e. The summed E-state index contributed by atoms with van der Waals surface area (Å²) < 4.78 is 0. The van der Waals surface area contributed by atoms with Gasteiger partial charge in [-0.05, 0) is 29.7 Å². The van der Waals surface area contributed by atoms with Gasteiger partial charge in [0.2, 0.25) is 0 Å². The van der Waals surface area contributed by atoms with E-state index in [1.54, 1.807) is 0 Å². The van der Waals surface area contributed by atoms with Gasteiger partial charge in [0.15, 0.2) is 0 Å². The van der Waals surface area contributed by atoms with E-state index in [0.717, 1.165) is 0 Å². The molecule has 0 spiro atoms. The number of thioether (sulfide) groups is 1. The zero-order valence-electron chi connectivity index (χ0n) is 11.4. The Kier molecular flexibility index (Phi) is 2.82. The van der Waals surface area contributed by atoms with Gasteiger partial charge in [-0.2, -0.15) is 0 Å². The van der Waals surface area contributed by atoms with Gasteiger partial charge >= 0.3 is 0 Å². The molecule has 0 saturated heterocycles. The summed E-state index contributed by atoms with van der Waals surface area (Å²) in [5.74, 6) is 0.525. The predicted molar refractivity (Wildman–Crippen MR) is 87.1 cm³/mol. The first-order valence-corrected chi connectivity index (χ1v) is 7.92. The third kappa shape index (κ3) is 1.85. The molecule has 0 nitrogen and oxygen atoms in total. The minimum Gasteiger partial charge on any atom is -0.117 e. The quantitative estimate of drug-likeness (QED) is 0.689. The van der Waals surface area contributed by atoms with E-state index in [1.807, 2.05) is 11.8 Å². The van der Waals surface area contributed by atoms with Gasteiger partial charge < -0.3 is 0 Å². The van der Waals surface area contributed by atoms with Gasteiger partial charge in [-0.1, -0.05) is 66.3 Å². The normalized spacial score (nSPS) is 23.1. The number of hydrogen-bond donors (Lipinski definition) is 0. The zero-order chi connectivity index (χ0) is 13.5. The smallest absolute Gasteiger partial charge is 0.0454 e. The van der Waals surface area contributed by atoms with Crippen LogP contribution in [0.3, 0.4) is 0 Å². The molecule has 0 bridgehead atoms. The molecule has 0 N–H and O–H groups in total. The standard InChI is InChI=1S/C19H16S/c1-13-9-11-14(12-10-13)15-6-4-7-17-16-5-2-3-8-18(16)20-19(15)17/h2-12,17,19H,1H3. The second kappa shape index (κ2) is 4.68. The Labute approximate surface area is 124 Å². The second-order valence-corrected chi connectivity index (χ2v) is 6.66. The molecule has 1 heteroatoms. The van der Waals surface area contributed by atoms with E-state index in [-0.39, 0.29) is 0 Å². The lowest BCUT2D eigenvalue weighted by molar-refractivity contribution is 0.893. The third-order valence-corrected chi connectivity index (χ3v) is 5.57. The molecule has 2 aliphatic rings. The van der Waals surface area contributed by atoms with Crippen LogP contribution in [-0.4, -0.2) is 5.25 Å². The van der Waals surface area contributed by atoms with Crippen molar-refractivity contribution in [1.82, 2.24) is 0 Å². The highest BCUT2D eigenvalue weighted by molar-refractivity contribution is 8.00. The molecule has 1 heterocycles. The molecule has 0 saturated carbocycles. The van der Waals surface area contributed by atoms with Crippen LogP contribution in [0, 0.1) is 6.92 Å². The van der Waals surface area contributed by atoms with Gasteiger partial charge in [0.05, 0.1) is 0 Å². The van der Waals surface area contributed by atoms with Crippen molar-refractivity contribution >= 4 is 17.3 Å². The Morgan fingerprint density at radius 3 is 2.60 bits per heavy atom. The Bertz CT molecular complexity index is 707. The summed E-state index contributed by atoms with van der Waals surface area (Å²) in [5, 5.41) is 0.528. The summed E-state index contributed by atoms with van der Waals surface area (Å²) in [7, 11) is 0. The Balaban J connectivity index is 1.76. The van der Waals surface area contributed by atoms with E-state index in [2.05, 4.69) is 73.7 Å². The fourth-order valence-electron chi connectivity index (χ4n) is 3.08. The number of rotatable bonds is 1. The third-order valence-electron chi connectivity index (χ3n) is 4.14. The Hall–Kier alpha value is -1.73. The molecule has 0 aromatic heterocycles. The molecule has 0 radical (unpaired) electrons. The SMILES string of the molecule is Cc1ccc(C2=CC=CC3c4ccccc4SC23)cc1. The summed E-state index contributed by atoms with van der Waals surface area (Å²) >= 11 is 2.01. The van der Waals surface area contributed by atoms with Crippen LogP contribution >= 0.6 is 11.8 Å². The second-order valence-electron chi connectivity index (χ2n) is 5.47. The average Bonchev–Trinajstić information content (AvgIpc) is 2.87. The van der Waals surface area contributed by atoms with Crippen LogP contribution in [0.2, 0.25) is 0 Å². The van der Waals surface area contributed by atoms with E-state index >= 15 is 0 Å². The molecular formula is C19H16S.